The Balaban J connectivity index is 3.28. The number of hydrogen-bond donors (Lipinski definition) is 1. The number of halogens is 7. The Labute approximate surface area is 114 Å². The van der Waals surface area contributed by atoms with Crippen molar-refractivity contribution < 1.29 is 31.1 Å². The second-order valence-corrected chi connectivity index (χ2v) is 4.55. The predicted octanol–water partition coefficient (Wildman–Crippen LogP) is 4.29. The normalized spacial score (nSPS) is 14.0. The van der Waals surface area contributed by atoms with Crippen LogP contribution < -0.4 is 5.32 Å². The maximum absolute atomic E-state index is 12.5. The van der Waals surface area contributed by atoms with Gasteiger partial charge in [0.1, 0.15) is 5.38 Å². The monoisotopic (exact) mass is 319 g/mol. The van der Waals surface area contributed by atoms with Gasteiger partial charge < -0.3 is 5.32 Å². The van der Waals surface area contributed by atoms with E-state index in [0.717, 1.165) is 0 Å². The molecule has 0 bridgehead atoms. The molecule has 0 saturated heterocycles. The number of benzene rings is 1. The molecule has 2 nitrogen and oxygen atoms in total. The Morgan fingerprint density at radius 2 is 1.45 bits per heavy atom. The van der Waals surface area contributed by atoms with Crippen molar-refractivity contribution in [2.75, 3.05) is 5.32 Å². The molecule has 0 fully saturated rings. The molecule has 1 rings (SSSR count). The first-order valence-corrected chi connectivity index (χ1v) is 5.59. The van der Waals surface area contributed by atoms with Gasteiger partial charge in [0.25, 0.3) is 0 Å². The topological polar surface area (TPSA) is 29.1 Å². The number of nitrogens with one attached hydrogen (secondary N) is 1. The Hall–Kier alpha value is -1.44. The number of anilines is 1. The van der Waals surface area contributed by atoms with Gasteiger partial charge in [0.15, 0.2) is 0 Å². The highest BCUT2D eigenvalue weighted by atomic mass is 35.5. The van der Waals surface area contributed by atoms with Crippen LogP contribution in [-0.4, -0.2) is 11.3 Å². The van der Waals surface area contributed by atoms with Gasteiger partial charge in [0, 0.05) is 5.69 Å². The van der Waals surface area contributed by atoms with Crippen LogP contribution in [0.15, 0.2) is 18.2 Å². The molecule has 0 spiro atoms. The minimum absolute atomic E-state index is 0.0280. The molecule has 0 radical (unpaired) electrons. The lowest BCUT2D eigenvalue weighted by molar-refractivity contribution is -0.143. The summed E-state index contributed by atoms with van der Waals surface area (Å²) >= 11 is 5.38. The molecule has 0 saturated carbocycles. The van der Waals surface area contributed by atoms with Crippen molar-refractivity contribution in [3.63, 3.8) is 0 Å². The average molecular weight is 320 g/mol. The molecule has 0 unspecified atom stereocenters. The summed E-state index contributed by atoms with van der Waals surface area (Å²) in [4.78, 5) is 11.2. The van der Waals surface area contributed by atoms with Gasteiger partial charge in [-0.3, -0.25) is 4.79 Å². The lowest BCUT2D eigenvalue weighted by Crippen LogP contribution is -2.21. The third-order valence-electron chi connectivity index (χ3n) is 2.22. The lowest BCUT2D eigenvalue weighted by Gasteiger charge is -2.15. The first kappa shape index (κ1) is 16.6. The number of hydrogen-bond acceptors (Lipinski definition) is 1. The molecule has 1 atom stereocenters. The van der Waals surface area contributed by atoms with E-state index in [2.05, 4.69) is 0 Å². The van der Waals surface area contributed by atoms with Gasteiger partial charge in [-0.25, -0.2) is 0 Å². The van der Waals surface area contributed by atoms with Crippen LogP contribution in [0.3, 0.4) is 0 Å². The van der Waals surface area contributed by atoms with Crippen molar-refractivity contribution in [3.8, 4) is 0 Å². The first-order valence-electron chi connectivity index (χ1n) is 5.15. The second kappa shape index (κ2) is 5.51. The minimum Gasteiger partial charge on any atom is -0.325 e. The van der Waals surface area contributed by atoms with Gasteiger partial charge in [-0.15, -0.1) is 11.6 Å². The van der Waals surface area contributed by atoms with Crippen LogP contribution in [0.25, 0.3) is 0 Å². The first-order chi connectivity index (χ1) is 8.91. The minimum atomic E-state index is -4.96. The van der Waals surface area contributed by atoms with E-state index in [1.165, 1.54) is 6.92 Å². The van der Waals surface area contributed by atoms with Crippen LogP contribution in [0, 0.1) is 0 Å². The molecule has 1 amide bonds. The van der Waals surface area contributed by atoms with Crippen LogP contribution in [0.1, 0.15) is 18.1 Å². The largest absolute Gasteiger partial charge is 0.416 e. The smallest absolute Gasteiger partial charge is 0.325 e. The molecule has 9 heteroatoms. The maximum Gasteiger partial charge on any atom is 0.416 e. The summed E-state index contributed by atoms with van der Waals surface area (Å²) in [6, 6.07) is 0.790. The summed E-state index contributed by atoms with van der Waals surface area (Å²) in [5.41, 5.74) is -3.64. The molecule has 0 aliphatic rings. The van der Waals surface area contributed by atoms with Gasteiger partial charge in [-0.1, -0.05) is 0 Å². The Kier molecular flexibility index (Phi) is 4.58. The number of carbonyl (C=O) groups is 1. The summed E-state index contributed by atoms with van der Waals surface area (Å²) in [6.45, 7) is 1.23. The summed E-state index contributed by atoms with van der Waals surface area (Å²) in [5.74, 6) is -0.904. The molecular weight excluding hydrogens is 312 g/mol. The summed E-state index contributed by atoms with van der Waals surface area (Å²) in [5, 5.41) is 0.797. The molecule has 0 aliphatic heterocycles. The van der Waals surface area contributed by atoms with E-state index in [1.54, 1.807) is 0 Å². The van der Waals surface area contributed by atoms with Crippen molar-refractivity contribution >= 4 is 23.2 Å². The molecule has 1 aromatic rings. The van der Waals surface area contributed by atoms with Crippen LogP contribution in [0.4, 0.5) is 32.0 Å². The van der Waals surface area contributed by atoms with Gasteiger partial charge in [-0.2, -0.15) is 26.3 Å². The Bertz CT molecular complexity index is 476. The highest BCUT2D eigenvalue weighted by Crippen LogP contribution is 2.37. The highest BCUT2D eigenvalue weighted by molar-refractivity contribution is 6.32. The number of rotatable bonds is 2. The zero-order chi connectivity index (χ0) is 15.7. The zero-order valence-electron chi connectivity index (χ0n) is 9.86. The quantitative estimate of drug-likeness (QED) is 0.639. The standard InChI is InChI=1S/C11H8ClF6NO/c1-5(12)9(20)19-8-3-6(10(13,14)15)2-7(4-8)11(16,17)18/h2-5H,1H3,(H,19,20)/t5-/m1/s1. The van der Waals surface area contributed by atoms with E-state index >= 15 is 0 Å². The van der Waals surface area contributed by atoms with Crippen LogP contribution >= 0.6 is 11.6 Å². The third-order valence-corrected chi connectivity index (χ3v) is 2.41. The fourth-order valence-electron chi connectivity index (χ4n) is 1.27. The fourth-order valence-corrected chi connectivity index (χ4v) is 1.32. The molecule has 20 heavy (non-hydrogen) atoms. The highest BCUT2D eigenvalue weighted by Gasteiger charge is 2.37. The maximum atomic E-state index is 12.5. The molecule has 1 N–H and O–H groups in total. The molecule has 112 valence electrons. The van der Waals surface area contributed by atoms with Crippen molar-refractivity contribution in [3.05, 3.63) is 29.3 Å². The van der Waals surface area contributed by atoms with Crippen LogP contribution in [-0.2, 0) is 17.1 Å². The van der Waals surface area contributed by atoms with Crippen LogP contribution in [0.5, 0.6) is 0 Å². The summed E-state index contributed by atoms with van der Waals surface area (Å²) in [6.07, 6.45) is -9.93. The predicted molar refractivity (Wildman–Crippen MR) is 60.4 cm³/mol. The van der Waals surface area contributed by atoms with E-state index in [9.17, 15) is 31.1 Å². The van der Waals surface area contributed by atoms with Crippen molar-refractivity contribution in [2.45, 2.75) is 24.7 Å². The van der Waals surface area contributed by atoms with Gasteiger partial charge in [0.05, 0.1) is 11.1 Å². The van der Waals surface area contributed by atoms with Gasteiger partial charge in [-0.05, 0) is 25.1 Å². The van der Waals surface area contributed by atoms with Crippen molar-refractivity contribution in [2.24, 2.45) is 0 Å². The van der Waals surface area contributed by atoms with E-state index in [-0.39, 0.29) is 6.07 Å². The van der Waals surface area contributed by atoms with E-state index < -0.39 is 40.5 Å². The fraction of sp³-hybridized carbons (Fsp3) is 0.364. The molecule has 0 heterocycles. The Morgan fingerprint density at radius 1 is 1.05 bits per heavy atom. The van der Waals surface area contributed by atoms with Gasteiger partial charge in [0.2, 0.25) is 5.91 Å². The second-order valence-electron chi connectivity index (χ2n) is 3.90. The van der Waals surface area contributed by atoms with Gasteiger partial charge >= 0.3 is 12.4 Å². The molecule has 0 aromatic heterocycles. The number of carbonyl (C=O) groups excluding carboxylic acids is 1. The molecule has 0 aliphatic carbocycles. The molecular formula is C11H8ClF6NO. The summed E-state index contributed by atoms with van der Waals surface area (Å²) < 4.78 is 75.2. The Morgan fingerprint density at radius 3 is 1.75 bits per heavy atom. The van der Waals surface area contributed by atoms with E-state index in [1.807, 2.05) is 5.32 Å². The van der Waals surface area contributed by atoms with E-state index in [0.29, 0.717) is 12.1 Å². The van der Waals surface area contributed by atoms with Crippen LogP contribution in [0.2, 0.25) is 0 Å². The average Bonchev–Trinajstić information content (AvgIpc) is 2.26. The van der Waals surface area contributed by atoms with E-state index in [4.69, 9.17) is 11.6 Å². The SMILES string of the molecule is C[C@@H](Cl)C(=O)Nc1cc(C(F)(F)F)cc(C(F)(F)F)c1. The number of amides is 1. The summed E-state index contributed by atoms with van der Waals surface area (Å²) in [7, 11) is 0. The van der Waals surface area contributed by atoms with Crippen molar-refractivity contribution in [1.82, 2.24) is 0 Å². The molecule has 1 aromatic carbocycles. The lowest BCUT2D eigenvalue weighted by atomic mass is 10.1. The third kappa shape index (κ3) is 4.29. The zero-order valence-corrected chi connectivity index (χ0v) is 10.6. The number of alkyl halides is 7. The van der Waals surface area contributed by atoms with Crippen molar-refractivity contribution in [1.29, 1.82) is 0 Å².